The van der Waals surface area contributed by atoms with Crippen molar-refractivity contribution in [3.63, 3.8) is 0 Å². The summed E-state index contributed by atoms with van der Waals surface area (Å²) in [7, 11) is 4.87. The van der Waals surface area contributed by atoms with E-state index in [2.05, 4.69) is 19.5 Å². The van der Waals surface area contributed by atoms with Crippen LogP contribution in [-0.4, -0.2) is 30.7 Å². The number of amides is 2. The first-order chi connectivity index (χ1) is 7.63. The standard InChI is InChI=1S/C11H19N2O2P/c1-12-10(14)7-13-11(15)9(16)6-5-8-3-2-4-8/h8,16H,2-7H2,1H3,(H,12,14)(H,13,15). The van der Waals surface area contributed by atoms with Crippen LogP contribution in [-0.2, 0) is 9.59 Å². The smallest absolute Gasteiger partial charge is 0.251 e. The van der Waals surface area contributed by atoms with E-state index in [1.807, 2.05) is 0 Å². The highest BCUT2D eigenvalue weighted by molar-refractivity contribution is 7.25. The van der Waals surface area contributed by atoms with Crippen LogP contribution in [0.4, 0.5) is 0 Å². The van der Waals surface area contributed by atoms with Gasteiger partial charge in [0.1, 0.15) is 0 Å². The lowest BCUT2D eigenvalue weighted by Gasteiger charge is -2.25. The van der Waals surface area contributed by atoms with E-state index >= 15 is 0 Å². The predicted molar refractivity (Wildman–Crippen MR) is 67.0 cm³/mol. The number of hydrogen-bond acceptors (Lipinski definition) is 2. The van der Waals surface area contributed by atoms with Gasteiger partial charge in [-0.15, -0.1) is 8.86 Å². The zero-order valence-corrected chi connectivity index (χ0v) is 10.6. The first kappa shape index (κ1) is 13.2. The number of carbonyl (C=O) groups is 2. The van der Waals surface area contributed by atoms with Crippen molar-refractivity contribution < 1.29 is 9.59 Å². The molecule has 1 rings (SSSR count). The minimum absolute atomic E-state index is 0.0345. The lowest BCUT2D eigenvalue weighted by molar-refractivity contribution is -0.123. The van der Waals surface area contributed by atoms with Gasteiger partial charge in [-0.05, 0) is 18.8 Å². The molecule has 1 fully saturated rings. The van der Waals surface area contributed by atoms with Crippen LogP contribution in [0.2, 0.25) is 0 Å². The molecule has 0 unspecified atom stereocenters. The zero-order valence-electron chi connectivity index (χ0n) is 9.64. The highest BCUT2D eigenvalue weighted by Crippen LogP contribution is 2.30. The van der Waals surface area contributed by atoms with Crippen LogP contribution in [0.1, 0.15) is 32.1 Å². The first-order valence-corrected chi connectivity index (χ1v) is 6.19. The lowest BCUT2D eigenvalue weighted by Crippen LogP contribution is -2.38. The molecule has 0 aromatic carbocycles. The van der Waals surface area contributed by atoms with Crippen LogP contribution in [0.5, 0.6) is 0 Å². The maximum Gasteiger partial charge on any atom is 0.251 e. The Morgan fingerprint density at radius 2 is 2.06 bits per heavy atom. The summed E-state index contributed by atoms with van der Waals surface area (Å²) in [6, 6.07) is 0. The van der Waals surface area contributed by atoms with Gasteiger partial charge < -0.3 is 10.6 Å². The lowest BCUT2D eigenvalue weighted by atomic mass is 9.82. The summed E-state index contributed by atoms with van der Waals surface area (Å²) in [5.74, 6) is 0.421. The zero-order chi connectivity index (χ0) is 12.0. The van der Waals surface area contributed by atoms with Gasteiger partial charge in [0.15, 0.2) is 0 Å². The van der Waals surface area contributed by atoms with Crippen LogP contribution in [0, 0.1) is 5.92 Å². The van der Waals surface area contributed by atoms with E-state index in [9.17, 15) is 9.59 Å². The molecule has 1 aliphatic rings. The van der Waals surface area contributed by atoms with Crippen molar-refractivity contribution in [3.05, 3.63) is 0 Å². The third-order valence-corrected chi connectivity index (χ3v) is 3.47. The van der Waals surface area contributed by atoms with Gasteiger partial charge in [-0.1, -0.05) is 19.3 Å². The van der Waals surface area contributed by atoms with Crippen LogP contribution in [0.15, 0.2) is 0 Å². The number of rotatable bonds is 6. The van der Waals surface area contributed by atoms with Gasteiger partial charge in [-0.2, -0.15) is 0 Å². The molecule has 2 N–H and O–H groups in total. The molecule has 0 atom stereocenters. The molecule has 0 spiro atoms. The van der Waals surface area contributed by atoms with Gasteiger partial charge >= 0.3 is 0 Å². The molecule has 1 aliphatic carbocycles. The Morgan fingerprint density at radius 1 is 1.38 bits per heavy atom. The Balaban J connectivity index is 2.14. The van der Waals surface area contributed by atoms with Gasteiger partial charge in [0.2, 0.25) is 5.91 Å². The van der Waals surface area contributed by atoms with Crippen molar-refractivity contribution in [2.45, 2.75) is 32.1 Å². The van der Waals surface area contributed by atoms with E-state index in [1.54, 1.807) is 7.05 Å². The van der Waals surface area contributed by atoms with Gasteiger partial charge in [0.05, 0.1) is 6.54 Å². The van der Waals surface area contributed by atoms with E-state index in [0.717, 1.165) is 18.8 Å². The Bertz CT molecular complexity index is 288. The largest absolute Gasteiger partial charge is 0.358 e. The molecule has 0 aliphatic heterocycles. The monoisotopic (exact) mass is 242 g/mol. The highest BCUT2D eigenvalue weighted by Gasteiger charge is 2.18. The molecule has 0 aromatic rings. The molecule has 4 nitrogen and oxygen atoms in total. The second-order valence-corrected chi connectivity index (χ2v) is 4.77. The van der Waals surface area contributed by atoms with E-state index in [1.165, 1.54) is 19.3 Å². The minimum atomic E-state index is -0.188. The summed E-state index contributed by atoms with van der Waals surface area (Å²) < 4.78 is 0. The molecule has 1 saturated carbocycles. The predicted octanol–water partition coefficient (Wildman–Crippen LogP) is 0.744. The molecule has 0 bridgehead atoms. The topological polar surface area (TPSA) is 58.2 Å². The third-order valence-electron chi connectivity index (χ3n) is 2.99. The van der Waals surface area contributed by atoms with Crippen LogP contribution < -0.4 is 10.6 Å². The van der Waals surface area contributed by atoms with Gasteiger partial charge in [0.25, 0.3) is 5.91 Å². The van der Waals surface area contributed by atoms with Crippen LogP contribution >= 0.6 is 8.86 Å². The highest BCUT2D eigenvalue weighted by atomic mass is 31.0. The molecule has 0 heterocycles. The van der Waals surface area contributed by atoms with E-state index in [-0.39, 0.29) is 18.4 Å². The fourth-order valence-corrected chi connectivity index (χ4v) is 1.83. The Labute approximate surface area is 98.4 Å². The minimum Gasteiger partial charge on any atom is -0.358 e. The third kappa shape index (κ3) is 4.31. The Kier molecular flexibility index (Phi) is 5.47. The second-order valence-electron chi connectivity index (χ2n) is 4.17. The second kappa shape index (κ2) is 6.64. The summed E-state index contributed by atoms with van der Waals surface area (Å²) in [5, 5.41) is 5.64. The fraction of sp³-hybridized carbons (Fsp3) is 0.727. The normalized spacial score (nSPS) is 15.1. The molecule has 0 saturated heterocycles. The number of carbonyl (C=O) groups excluding carboxylic acids is 2. The van der Waals surface area contributed by atoms with Gasteiger partial charge in [-0.3, -0.25) is 9.59 Å². The number of nitrogens with one attached hydrogen (secondary N) is 2. The summed E-state index contributed by atoms with van der Waals surface area (Å²) in [6.07, 6.45) is 5.73. The fourth-order valence-electron chi connectivity index (χ4n) is 1.60. The quantitative estimate of drug-likeness (QED) is 0.675. The summed E-state index contributed by atoms with van der Waals surface area (Å²) in [4.78, 5) is 22.4. The molecular formula is C11H19N2O2P. The van der Waals surface area contributed by atoms with Crippen molar-refractivity contribution >= 4 is 26.0 Å². The first-order valence-electron chi connectivity index (χ1n) is 5.69. The van der Waals surface area contributed by atoms with Gasteiger partial charge in [0, 0.05) is 12.3 Å². The average molecular weight is 242 g/mol. The maximum absolute atomic E-state index is 11.5. The summed E-state index contributed by atoms with van der Waals surface area (Å²) in [6.45, 7) is 0.0345. The van der Waals surface area contributed by atoms with Crippen molar-refractivity contribution in [2.24, 2.45) is 5.92 Å². The number of hydrogen-bond donors (Lipinski definition) is 2. The summed E-state index contributed by atoms with van der Waals surface area (Å²) in [5.41, 5.74) is 0. The Hall–Kier alpha value is -0.890. The molecule has 5 heteroatoms. The average Bonchev–Trinajstić information content (AvgIpc) is 2.22. The van der Waals surface area contributed by atoms with E-state index in [4.69, 9.17) is 0 Å². The SMILES string of the molecule is CNC(=O)CNC(=O)C(=P)CCC1CCC1. The summed E-state index contributed by atoms with van der Waals surface area (Å²) >= 11 is 0. The van der Waals surface area contributed by atoms with E-state index in [0.29, 0.717) is 5.29 Å². The van der Waals surface area contributed by atoms with Crippen molar-refractivity contribution in [3.8, 4) is 0 Å². The van der Waals surface area contributed by atoms with Crippen LogP contribution in [0.25, 0.3) is 0 Å². The van der Waals surface area contributed by atoms with E-state index < -0.39 is 0 Å². The van der Waals surface area contributed by atoms with Crippen molar-refractivity contribution in [2.75, 3.05) is 13.6 Å². The Morgan fingerprint density at radius 3 is 2.56 bits per heavy atom. The van der Waals surface area contributed by atoms with Gasteiger partial charge in [-0.25, -0.2) is 0 Å². The molecule has 0 aromatic heterocycles. The molecule has 2 amide bonds. The molecule has 0 radical (unpaired) electrons. The van der Waals surface area contributed by atoms with Crippen molar-refractivity contribution in [1.82, 2.24) is 10.6 Å². The molecular weight excluding hydrogens is 223 g/mol. The van der Waals surface area contributed by atoms with Crippen LogP contribution in [0.3, 0.4) is 0 Å². The molecule has 90 valence electrons. The maximum atomic E-state index is 11.5. The number of likely N-dealkylation sites (N-methyl/N-ethyl adjacent to an activating group) is 1. The van der Waals surface area contributed by atoms with Crippen molar-refractivity contribution in [1.29, 1.82) is 0 Å². The molecule has 16 heavy (non-hydrogen) atoms.